The van der Waals surface area contributed by atoms with Gasteiger partial charge in [0.1, 0.15) is 24.1 Å². The van der Waals surface area contributed by atoms with Crippen LogP contribution in [0.5, 0.6) is 11.5 Å². The normalized spacial score (nSPS) is 12.3. The number of amides is 2. The first kappa shape index (κ1) is 32.8. The molecule has 0 aromatic heterocycles. The quantitative estimate of drug-likeness (QED) is 0.297. The molecule has 0 aliphatic carbocycles. The average Bonchev–Trinajstić information content (AvgIpc) is 2.94. The monoisotopic (exact) mass is 615 g/mol. The minimum absolute atomic E-state index is 0.0498. The largest absolute Gasteiger partial charge is 0.497 e. The molecular weight excluding hydrogens is 578 g/mol. The van der Waals surface area contributed by atoms with Crippen molar-refractivity contribution in [2.45, 2.75) is 57.6 Å². The van der Waals surface area contributed by atoms with Crippen molar-refractivity contribution in [3.63, 3.8) is 0 Å². The van der Waals surface area contributed by atoms with Crippen LogP contribution in [0.3, 0.4) is 0 Å². The standard InChI is InChI=1S/C31H38ClN3O6S/c1-7-41-28-11-9-8-10-27(28)35(42(38,39)26-18-14-24(32)15-19-26)21-29(36)34(22(2)30(37)33-31(3,4)5)20-23-12-16-25(40-6)17-13-23/h8-19,22H,7,20-21H2,1-6H3,(H,33,37). The molecular formula is C31H38ClN3O6S. The van der Waals surface area contributed by atoms with Crippen LogP contribution >= 0.6 is 11.6 Å². The SMILES string of the molecule is CCOc1ccccc1N(CC(=O)N(Cc1ccc(OC)cc1)C(C)C(=O)NC(C)(C)C)S(=O)(=O)c1ccc(Cl)cc1. The molecule has 0 fully saturated rings. The summed E-state index contributed by atoms with van der Waals surface area (Å²) in [7, 11) is -2.71. The van der Waals surface area contributed by atoms with Gasteiger partial charge in [-0.05, 0) is 88.7 Å². The van der Waals surface area contributed by atoms with Gasteiger partial charge >= 0.3 is 0 Å². The van der Waals surface area contributed by atoms with E-state index in [4.69, 9.17) is 21.1 Å². The number of halogens is 1. The summed E-state index contributed by atoms with van der Waals surface area (Å²) in [5.74, 6) is -0.00844. The molecule has 2 amide bonds. The number of hydrogen-bond donors (Lipinski definition) is 1. The Kier molecular flexibility index (Phi) is 10.9. The average molecular weight is 616 g/mol. The van der Waals surface area contributed by atoms with Gasteiger partial charge in [0.05, 0.1) is 24.3 Å². The lowest BCUT2D eigenvalue weighted by Crippen LogP contribution is -2.54. The minimum Gasteiger partial charge on any atom is -0.497 e. The van der Waals surface area contributed by atoms with Gasteiger partial charge in [-0.25, -0.2) is 8.42 Å². The Bertz CT molecular complexity index is 1470. The van der Waals surface area contributed by atoms with Gasteiger partial charge in [-0.2, -0.15) is 0 Å². The van der Waals surface area contributed by atoms with E-state index in [0.717, 1.165) is 9.87 Å². The first-order valence-corrected chi connectivity index (χ1v) is 15.3. The Morgan fingerprint density at radius 1 is 0.976 bits per heavy atom. The van der Waals surface area contributed by atoms with Crippen molar-refractivity contribution in [2.75, 3.05) is 24.6 Å². The van der Waals surface area contributed by atoms with Crippen LogP contribution in [0.25, 0.3) is 0 Å². The highest BCUT2D eigenvalue weighted by molar-refractivity contribution is 7.92. The van der Waals surface area contributed by atoms with Crippen molar-refractivity contribution >= 4 is 39.1 Å². The molecule has 0 saturated heterocycles. The molecule has 3 aromatic rings. The van der Waals surface area contributed by atoms with Crippen molar-refractivity contribution in [1.29, 1.82) is 0 Å². The molecule has 3 rings (SSSR count). The number of anilines is 1. The number of rotatable bonds is 12. The van der Waals surface area contributed by atoms with Crippen LogP contribution in [0, 0.1) is 0 Å². The van der Waals surface area contributed by atoms with Gasteiger partial charge < -0.3 is 19.7 Å². The highest BCUT2D eigenvalue weighted by atomic mass is 35.5. The number of para-hydroxylation sites is 2. The van der Waals surface area contributed by atoms with Crippen molar-refractivity contribution in [3.8, 4) is 11.5 Å². The van der Waals surface area contributed by atoms with E-state index in [1.54, 1.807) is 69.5 Å². The second-order valence-electron chi connectivity index (χ2n) is 10.7. The molecule has 11 heteroatoms. The lowest BCUT2D eigenvalue weighted by Gasteiger charge is -2.33. The fourth-order valence-corrected chi connectivity index (χ4v) is 5.72. The molecule has 42 heavy (non-hydrogen) atoms. The second kappa shape index (κ2) is 13.9. The van der Waals surface area contributed by atoms with Crippen molar-refractivity contribution in [3.05, 3.63) is 83.4 Å². The van der Waals surface area contributed by atoms with Crippen LogP contribution in [0.2, 0.25) is 5.02 Å². The summed E-state index contributed by atoms with van der Waals surface area (Å²) in [4.78, 5) is 28.7. The Morgan fingerprint density at radius 3 is 2.17 bits per heavy atom. The molecule has 1 N–H and O–H groups in total. The predicted octanol–water partition coefficient (Wildman–Crippen LogP) is 5.27. The van der Waals surface area contributed by atoms with E-state index in [1.807, 2.05) is 20.8 Å². The fraction of sp³-hybridized carbons (Fsp3) is 0.355. The highest BCUT2D eigenvalue weighted by Crippen LogP contribution is 2.33. The van der Waals surface area contributed by atoms with Crippen LogP contribution in [0.15, 0.2) is 77.7 Å². The Labute approximate surface area is 253 Å². The number of carbonyl (C=O) groups is 2. The van der Waals surface area contributed by atoms with Crippen molar-refractivity contribution in [2.24, 2.45) is 0 Å². The molecule has 9 nitrogen and oxygen atoms in total. The third-order valence-corrected chi connectivity index (χ3v) is 8.32. The van der Waals surface area contributed by atoms with Crippen LogP contribution in [0.1, 0.15) is 40.2 Å². The smallest absolute Gasteiger partial charge is 0.264 e. The van der Waals surface area contributed by atoms with Crippen molar-refractivity contribution < 1.29 is 27.5 Å². The molecule has 0 heterocycles. The van der Waals surface area contributed by atoms with E-state index in [1.165, 1.54) is 29.2 Å². The zero-order chi connectivity index (χ0) is 31.1. The summed E-state index contributed by atoms with van der Waals surface area (Å²) in [6.07, 6.45) is 0. The maximum atomic E-state index is 14.1. The maximum Gasteiger partial charge on any atom is 0.264 e. The second-order valence-corrected chi connectivity index (χ2v) is 13.0. The molecule has 226 valence electrons. The van der Waals surface area contributed by atoms with Gasteiger partial charge in [0.2, 0.25) is 11.8 Å². The Morgan fingerprint density at radius 2 is 1.60 bits per heavy atom. The van der Waals surface area contributed by atoms with E-state index in [9.17, 15) is 18.0 Å². The third-order valence-electron chi connectivity index (χ3n) is 6.29. The first-order valence-electron chi connectivity index (χ1n) is 13.5. The minimum atomic E-state index is -4.27. The van der Waals surface area contributed by atoms with Gasteiger partial charge in [0.15, 0.2) is 0 Å². The number of methoxy groups -OCH3 is 1. The number of sulfonamides is 1. The maximum absolute atomic E-state index is 14.1. The van der Waals surface area contributed by atoms with E-state index < -0.39 is 34.1 Å². The third kappa shape index (κ3) is 8.39. The number of hydrogen-bond acceptors (Lipinski definition) is 6. The number of nitrogens with zero attached hydrogens (tertiary/aromatic N) is 2. The molecule has 0 aliphatic rings. The molecule has 1 unspecified atom stereocenters. The number of benzene rings is 3. The Hall–Kier alpha value is -3.76. The number of ether oxygens (including phenoxy) is 2. The highest BCUT2D eigenvalue weighted by Gasteiger charge is 2.34. The summed E-state index contributed by atoms with van der Waals surface area (Å²) < 4.78 is 40.1. The van der Waals surface area contributed by atoms with E-state index in [2.05, 4.69) is 5.32 Å². The topological polar surface area (TPSA) is 105 Å². The van der Waals surface area contributed by atoms with Crippen LogP contribution in [-0.2, 0) is 26.2 Å². The zero-order valence-corrected chi connectivity index (χ0v) is 26.3. The van der Waals surface area contributed by atoms with E-state index in [-0.39, 0.29) is 29.6 Å². The van der Waals surface area contributed by atoms with Crippen LogP contribution in [0.4, 0.5) is 5.69 Å². The number of carbonyl (C=O) groups excluding carboxylic acids is 2. The molecule has 0 aliphatic heterocycles. The molecule has 0 bridgehead atoms. The lowest BCUT2D eigenvalue weighted by molar-refractivity contribution is -0.140. The molecule has 0 saturated carbocycles. The summed E-state index contributed by atoms with van der Waals surface area (Å²) in [5, 5.41) is 3.28. The van der Waals surface area contributed by atoms with Gasteiger partial charge in [-0.3, -0.25) is 13.9 Å². The Balaban J connectivity index is 2.08. The summed E-state index contributed by atoms with van der Waals surface area (Å²) >= 11 is 6.02. The van der Waals surface area contributed by atoms with Crippen LogP contribution < -0.4 is 19.1 Å². The summed E-state index contributed by atoms with van der Waals surface area (Å²) in [6, 6.07) is 18.5. The molecule has 1 atom stereocenters. The van der Waals surface area contributed by atoms with Gasteiger partial charge in [0.25, 0.3) is 10.0 Å². The first-order chi connectivity index (χ1) is 19.8. The van der Waals surface area contributed by atoms with E-state index >= 15 is 0 Å². The number of nitrogens with one attached hydrogen (secondary N) is 1. The van der Waals surface area contributed by atoms with Crippen LogP contribution in [-0.4, -0.2) is 57.0 Å². The van der Waals surface area contributed by atoms with Gasteiger partial charge in [0, 0.05) is 17.1 Å². The molecule has 0 spiro atoms. The molecule has 0 radical (unpaired) electrons. The summed E-state index contributed by atoms with van der Waals surface area (Å²) in [5.41, 5.74) is 0.390. The predicted molar refractivity (Wildman–Crippen MR) is 164 cm³/mol. The lowest BCUT2D eigenvalue weighted by atomic mass is 10.1. The van der Waals surface area contributed by atoms with Gasteiger partial charge in [-0.15, -0.1) is 0 Å². The zero-order valence-electron chi connectivity index (χ0n) is 24.8. The molecule has 3 aromatic carbocycles. The summed E-state index contributed by atoms with van der Waals surface area (Å²) in [6.45, 7) is 8.70. The van der Waals surface area contributed by atoms with E-state index in [0.29, 0.717) is 16.5 Å². The fourth-order valence-electron chi connectivity index (χ4n) is 4.17. The van der Waals surface area contributed by atoms with Gasteiger partial charge in [-0.1, -0.05) is 35.9 Å². The van der Waals surface area contributed by atoms with Crippen molar-refractivity contribution in [1.82, 2.24) is 10.2 Å².